The number of aromatic nitrogens is 4. The summed E-state index contributed by atoms with van der Waals surface area (Å²) in [5, 5.41) is 24.7. The maximum atomic E-state index is 12.9. The molecule has 0 aliphatic carbocycles. The van der Waals surface area contributed by atoms with E-state index in [1.807, 2.05) is 42.5 Å². The van der Waals surface area contributed by atoms with Crippen LogP contribution >= 0.6 is 0 Å². The Labute approximate surface area is 196 Å². The summed E-state index contributed by atoms with van der Waals surface area (Å²) < 4.78 is 6.51. The topological polar surface area (TPSA) is 119 Å². The van der Waals surface area contributed by atoms with Crippen LogP contribution in [0.5, 0.6) is 11.5 Å². The van der Waals surface area contributed by atoms with Gasteiger partial charge in [-0.3, -0.25) is 9.59 Å². The van der Waals surface area contributed by atoms with Gasteiger partial charge in [0.2, 0.25) is 5.82 Å². The van der Waals surface area contributed by atoms with Gasteiger partial charge in [0.1, 0.15) is 11.5 Å². The number of ether oxygens (including phenoxy) is 1. The zero-order chi connectivity index (χ0) is 24.1. The Hall–Kier alpha value is -4.53. The molecule has 0 bridgehead atoms. The molecule has 3 aromatic carbocycles. The summed E-state index contributed by atoms with van der Waals surface area (Å²) >= 11 is 0. The number of benzene rings is 3. The van der Waals surface area contributed by atoms with E-state index in [1.165, 1.54) is 4.68 Å². The van der Waals surface area contributed by atoms with Crippen LogP contribution in [0.15, 0.2) is 66.7 Å². The van der Waals surface area contributed by atoms with Crippen LogP contribution in [0.4, 0.5) is 5.69 Å². The normalized spacial score (nSPS) is 10.6. The molecule has 0 aliphatic heterocycles. The highest BCUT2D eigenvalue weighted by Gasteiger charge is 2.21. The summed E-state index contributed by atoms with van der Waals surface area (Å²) in [4.78, 5) is 25.8. The van der Waals surface area contributed by atoms with Crippen molar-refractivity contribution in [3.63, 3.8) is 0 Å². The molecule has 0 unspecified atom stereocenters. The van der Waals surface area contributed by atoms with Crippen LogP contribution in [0, 0.1) is 6.92 Å². The number of phenolic OH excluding ortho intramolecular Hbond substituents is 1. The van der Waals surface area contributed by atoms with E-state index in [0.29, 0.717) is 11.3 Å². The second-order valence-electron chi connectivity index (χ2n) is 7.76. The lowest BCUT2D eigenvalue weighted by Crippen LogP contribution is -2.20. The summed E-state index contributed by atoms with van der Waals surface area (Å²) in [5.41, 5.74) is 2.66. The Kier molecular flexibility index (Phi) is 6.63. The number of tetrazole rings is 1. The quantitative estimate of drug-likeness (QED) is 0.307. The SMILES string of the molecule is COc1ccc(Cn2nnnc2C(=O)Nc2cc(C)cc(C(=O)Cc3ccccc3)c2O)cc1. The number of hydrogen-bond donors (Lipinski definition) is 2. The molecule has 9 heteroatoms. The van der Waals surface area contributed by atoms with Crippen molar-refractivity contribution in [2.45, 2.75) is 19.9 Å². The summed E-state index contributed by atoms with van der Waals surface area (Å²) in [7, 11) is 1.58. The van der Waals surface area contributed by atoms with Gasteiger partial charge in [0, 0.05) is 6.42 Å². The van der Waals surface area contributed by atoms with Crippen LogP contribution in [0.3, 0.4) is 0 Å². The molecular formula is C25H23N5O4. The van der Waals surface area contributed by atoms with Crippen molar-refractivity contribution in [1.82, 2.24) is 20.2 Å². The van der Waals surface area contributed by atoms with E-state index in [0.717, 1.165) is 11.1 Å². The number of hydrogen-bond acceptors (Lipinski definition) is 7. The number of Topliss-reactive ketones (excluding diaryl/α,β-unsaturated/α-hetero) is 1. The van der Waals surface area contributed by atoms with Gasteiger partial charge in [0.25, 0.3) is 5.91 Å². The lowest BCUT2D eigenvalue weighted by Gasteiger charge is -2.12. The van der Waals surface area contributed by atoms with Gasteiger partial charge in [0.05, 0.1) is 24.9 Å². The molecule has 1 aromatic heterocycles. The minimum absolute atomic E-state index is 0.0334. The van der Waals surface area contributed by atoms with E-state index in [4.69, 9.17) is 4.74 Å². The number of nitrogens with one attached hydrogen (secondary N) is 1. The van der Waals surface area contributed by atoms with Crippen molar-refractivity contribution in [3.8, 4) is 11.5 Å². The molecule has 4 aromatic rings. The third-order valence-electron chi connectivity index (χ3n) is 5.24. The van der Waals surface area contributed by atoms with E-state index < -0.39 is 5.91 Å². The van der Waals surface area contributed by atoms with E-state index in [-0.39, 0.29) is 41.6 Å². The van der Waals surface area contributed by atoms with Crippen LogP contribution in [-0.4, -0.2) is 44.1 Å². The first kappa shape index (κ1) is 22.7. The number of nitrogens with zero attached hydrogens (tertiary/aromatic N) is 4. The second-order valence-corrected chi connectivity index (χ2v) is 7.76. The second kappa shape index (κ2) is 9.95. The standard InChI is InChI=1S/C25H23N5O4/c1-16-12-20(22(31)14-17-6-4-3-5-7-17)23(32)21(13-16)26-25(33)24-27-28-29-30(24)15-18-8-10-19(34-2)11-9-18/h3-13,32H,14-15H2,1-2H3,(H,26,33). The van der Waals surface area contributed by atoms with Crippen molar-refractivity contribution in [2.75, 3.05) is 12.4 Å². The van der Waals surface area contributed by atoms with E-state index in [2.05, 4.69) is 20.8 Å². The van der Waals surface area contributed by atoms with Gasteiger partial charge < -0.3 is 15.2 Å². The van der Waals surface area contributed by atoms with Gasteiger partial charge in [-0.2, -0.15) is 0 Å². The average molecular weight is 457 g/mol. The number of ketones is 1. The average Bonchev–Trinajstić information content (AvgIpc) is 3.30. The Morgan fingerprint density at radius 2 is 1.76 bits per heavy atom. The molecule has 0 saturated carbocycles. The van der Waals surface area contributed by atoms with E-state index >= 15 is 0 Å². The predicted molar refractivity (Wildman–Crippen MR) is 125 cm³/mol. The first-order chi connectivity index (χ1) is 16.4. The highest BCUT2D eigenvalue weighted by atomic mass is 16.5. The zero-order valence-electron chi connectivity index (χ0n) is 18.7. The molecule has 34 heavy (non-hydrogen) atoms. The van der Waals surface area contributed by atoms with Crippen molar-refractivity contribution in [1.29, 1.82) is 0 Å². The molecule has 0 radical (unpaired) electrons. The van der Waals surface area contributed by atoms with Gasteiger partial charge in [0.15, 0.2) is 5.78 Å². The first-order valence-corrected chi connectivity index (χ1v) is 10.6. The molecule has 0 spiro atoms. The molecule has 0 aliphatic rings. The summed E-state index contributed by atoms with van der Waals surface area (Å²) in [6, 6.07) is 19.7. The third kappa shape index (κ3) is 5.09. The smallest absolute Gasteiger partial charge is 0.295 e. The molecule has 0 atom stereocenters. The Morgan fingerprint density at radius 1 is 1.03 bits per heavy atom. The molecule has 1 amide bonds. The molecule has 1 heterocycles. The summed E-state index contributed by atoms with van der Waals surface area (Å²) in [6.45, 7) is 2.04. The van der Waals surface area contributed by atoms with Gasteiger partial charge in [-0.15, -0.1) is 5.10 Å². The number of carbonyl (C=O) groups is 2. The summed E-state index contributed by atoms with van der Waals surface area (Å²) in [5.74, 6) is -0.484. The number of aryl methyl sites for hydroxylation is 1. The lowest BCUT2D eigenvalue weighted by atomic mass is 9.99. The fourth-order valence-corrected chi connectivity index (χ4v) is 3.52. The number of amides is 1. The number of phenols is 1. The molecule has 4 rings (SSSR count). The van der Waals surface area contributed by atoms with Gasteiger partial charge in [-0.05, 0) is 58.3 Å². The number of anilines is 1. The Balaban J connectivity index is 1.53. The van der Waals surface area contributed by atoms with Crippen LogP contribution in [0.25, 0.3) is 0 Å². The monoisotopic (exact) mass is 457 g/mol. The zero-order valence-corrected chi connectivity index (χ0v) is 18.7. The maximum Gasteiger partial charge on any atom is 0.295 e. The predicted octanol–water partition coefficient (Wildman–Crippen LogP) is 3.42. The molecule has 2 N–H and O–H groups in total. The van der Waals surface area contributed by atoms with Gasteiger partial charge in [-0.1, -0.05) is 42.5 Å². The maximum absolute atomic E-state index is 12.9. The minimum atomic E-state index is -0.610. The molecule has 0 saturated heterocycles. The Morgan fingerprint density at radius 3 is 2.47 bits per heavy atom. The van der Waals surface area contributed by atoms with E-state index in [1.54, 1.807) is 38.3 Å². The number of methoxy groups -OCH3 is 1. The van der Waals surface area contributed by atoms with Gasteiger partial charge in [-0.25, -0.2) is 4.68 Å². The minimum Gasteiger partial charge on any atom is -0.505 e. The highest BCUT2D eigenvalue weighted by Crippen LogP contribution is 2.31. The van der Waals surface area contributed by atoms with Crippen LogP contribution in [0.1, 0.15) is 37.7 Å². The highest BCUT2D eigenvalue weighted by molar-refractivity contribution is 6.06. The molecule has 9 nitrogen and oxygen atoms in total. The number of aromatic hydroxyl groups is 1. The third-order valence-corrected chi connectivity index (χ3v) is 5.24. The van der Waals surface area contributed by atoms with Crippen LogP contribution < -0.4 is 10.1 Å². The molecule has 0 fully saturated rings. The largest absolute Gasteiger partial charge is 0.505 e. The van der Waals surface area contributed by atoms with Crippen molar-refractivity contribution in [3.05, 3.63) is 94.8 Å². The van der Waals surface area contributed by atoms with Crippen molar-refractivity contribution < 1.29 is 19.4 Å². The van der Waals surface area contributed by atoms with E-state index in [9.17, 15) is 14.7 Å². The molecule has 172 valence electrons. The fraction of sp³-hybridized carbons (Fsp3) is 0.160. The lowest BCUT2D eigenvalue weighted by molar-refractivity contribution is 0.0984. The van der Waals surface area contributed by atoms with Crippen molar-refractivity contribution >= 4 is 17.4 Å². The van der Waals surface area contributed by atoms with Gasteiger partial charge >= 0.3 is 0 Å². The molecular weight excluding hydrogens is 434 g/mol. The summed E-state index contributed by atoms with van der Waals surface area (Å²) in [6.07, 6.45) is 0.130. The first-order valence-electron chi connectivity index (χ1n) is 10.6. The van der Waals surface area contributed by atoms with Crippen LogP contribution in [0.2, 0.25) is 0 Å². The number of rotatable bonds is 8. The Bertz CT molecular complexity index is 1320. The van der Waals surface area contributed by atoms with Crippen molar-refractivity contribution in [2.24, 2.45) is 0 Å². The number of carbonyl (C=O) groups excluding carboxylic acids is 2. The van der Waals surface area contributed by atoms with Crippen LogP contribution in [-0.2, 0) is 13.0 Å². The fourth-order valence-electron chi connectivity index (χ4n) is 3.52.